The third-order valence-corrected chi connectivity index (χ3v) is 3.53. The Labute approximate surface area is 102 Å². The zero-order chi connectivity index (χ0) is 12.3. The van der Waals surface area contributed by atoms with Crippen LogP contribution < -0.4 is 11.1 Å². The number of anilines is 1. The molecule has 92 valence electrons. The Balaban J connectivity index is 2.13. The van der Waals surface area contributed by atoms with Crippen molar-refractivity contribution >= 4 is 11.6 Å². The molecule has 2 rings (SSSR count). The second-order valence-electron chi connectivity index (χ2n) is 4.98. The molecule has 1 aromatic carbocycles. The first-order valence-electron chi connectivity index (χ1n) is 6.27. The topological polar surface area (TPSA) is 55.1 Å². The Hall–Kier alpha value is -1.35. The first-order chi connectivity index (χ1) is 8.10. The van der Waals surface area contributed by atoms with Crippen LogP contribution in [0.3, 0.4) is 0 Å². The van der Waals surface area contributed by atoms with E-state index < -0.39 is 0 Å². The van der Waals surface area contributed by atoms with Crippen LogP contribution in [0.5, 0.6) is 0 Å². The van der Waals surface area contributed by atoms with Crippen molar-refractivity contribution in [1.82, 2.24) is 0 Å². The average Bonchev–Trinajstić information content (AvgIpc) is 2.30. The molecule has 0 aliphatic heterocycles. The van der Waals surface area contributed by atoms with Crippen molar-refractivity contribution in [1.29, 1.82) is 0 Å². The summed E-state index contributed by atoms with van der Waals surface area (Å²) in [6.07, 6.45) is 5.84. The van der Waals surface area contributed by atoms with Gasteiger partial charge in [-0.25, -0.2) is 0 Å². The standard InChI is InChI=1S/C14H20N2O/c1-11(17)16-13-7-5-12(6-8-13)14(15)9-3-2-4-10-14/h5-8H,2-4,9-10,15H2,1H3,(H,16,17). The minimum atomic E-state index is -0.160. The van der Waals surface area contributed by atoms with Crippen LogP contribution in [0.25, 0.3) is 0 Å². The molecule has 1 amide bonds. The summed E-state index contributed by atoms with van der Waals surface area (Å²) in [6.45, 7) is 1.51. The SMILES string of the molecule is CC(=O)Nc1ccc(C2(N)CCCCC2)cc1. The van der Waals surface area contributed by atoms with Crippen LogP contribution in [-0.4, -0.2) is 5.91 Å². The van der Waals surface area contributed by atoms with Crippen LogP contribution in [0.15, 0.2) is 24.3 Å². The molecular weight excluding hydrogens is 212 g/mol. The summed E-state index contributed by atoms with van der Waals surface area (Å²) in [5.74, 6) is -0.0436. The van der Waals surface area contributed by atoms with Crippen LogP contribution >= 0.6 is 0 Å². The zero-order valence-corrected chi connectivity index (χ0v) is 10.3. The average molecular weight is 232 g/mol. The third-order valence-electron chi connectivity index (χ3n) is 3.53. The molecule has 0 spiro atoms. The van der Waals surface area contributed by atoms with E-state index in [9.17, 15) is 4.79 Å². The summed E-state index contributed by atoms with van der Waals surface area (Å²) in [6, 6.07) is 7.94. The number of nitrogens with one attached hydrogen (secondary N) is 1. The maximum atomic E-state index is 10.9. The number of amides is 1. The van der Waals surface area contributed by atoms with E-state index in [2.05, 4.69) is 5.32 Å². The molecule has 0 unspecified atom stereocenters. The Kier molecular flexibility index (Phi) is 3.48. The van der Waals surface area contributed by atoms with Crippen molar-refractivity contribution in [2.75, 3.05) is 5.32 Å². The van der Waals surface area contributed by atoms with Gasteiger partial charge < -0.3 is 11.1 Å². The fourth-order valence-electron chi connectivity index (χ4n) is 2.56. The van der Waals surface area contributed by atoms with Gasteiger partial charge in [-0.1, -0.05) is 31.4 Å². The molecule has 1 aliphatic carbocycles. The highest BCUT2D eigenvalue weighted by Crippen LogP contribution is 2.34. The zero-order valence-electron chi connectivity index (χ0n) is 10.3. The van der Waals surface area contributed by atoms with Crippen molar-refractivity contribution in [2.24, 2.45) is 5.73 Å². The molecule has 0 bridgehead atoms. The minimum Gasteiger partial charge on any atom is -0.326 e. The number of hydrogen-bond acceptors (Lipinski definition) is 2. The van der Waals surface area contributed by atoms with Gasteiger partial charge in [0.05, 0.1) is 0 Å². The Morgan fingerprint density at radius 1 is 1.18 bits per heavy atom. The quantitative estimate of drug-likeness (QED) is 0.823. The van der Waals surface area contributed by atoms with Gasteiger partial charge in [-0.3, -0.25) is 4.79 Å². The van der Waals surface area contributed by atoms with E-state index >= 15 is 0 Å². The molecule has 1 aliphatic rings. The third kappa shape index (κ3) is 2.86. The summed E-state index contributed by atoms with van der Waals surface area (Å²) in [7, 11) is 0. The van der Waals surface area contributed by atoms with Gasteiger partial charge >= 0.3 is 0 Å². The monoisotopic (exact) mass is 232 g/mol. The minimum absolute atomic E-state index is 0.0436. The smallest absolute Gasteiger partial charge is 0.221 e. The highest BCUT2D eigenvalue weighted by molar-refractivity contribution is 5.88. The first-order valence-corrected chi connectivity index (χ1v) is 6.27. The van der Waals surface area contributed by atoms with E-state index in [1.54, 1.807) is 0 Å². The molecule has 0 saturated heterocycles. The molecule has 17 heavy (non-hydrogen) atoms. The fraction of sp³-hybridized carbons (Fsp3) is 0.500. The number of benzene rings is 1. The Morgan fingerprint density at radius 3 is 2.29 bits per heavy atom. The van der Waals surface area contributed by atoms with Crippen LogP contribution in [0.4, 0.5) is 5.69 Å². The molecule has 3 nitrogen and oxygen atoms in total. The van der Waals surface area contributed by atoms with Gasteiger partial charge in [0.25, 0.3) is 0 Å². The summed E-state index contributed by atoms with van der Waals surface area (Å²) < 4.78 is 0. The van der Waals surface area contributed by atoms with Crippen LogP contribution in [0.1, 0.15) is 44.6 Å². The van der Waals surface area contributed by atoms with Gasteiger partial charge in [-0.15, -0.1) is 0 Å². The highest BCUT2D eigenvalue weighted by atomic mass is 16.1. The summed E-state index contributed by atoms with van der Waals surface area (Å²) in [4.78, 5) is 10.9. The second kappa shape index (κ2) is 4.88. The van der Waals surface area contributed by atoms with Gasteiger partial charge in [-0.2, -0.15) is 0 Å². The fourth-order valence-corrected chi connectivity index (χ4v) is 2.56. The lowest BCUT2D eigenvalue weighted by Gasteiger charge is -2.34. The molecule has 3 heteroatoms. The predicted molar refractivity (Wildman–Crippen MR) is 69.7 cm³/mol. The number of carbonyl (C=O) groups excluding carboxylic acids is 1. The second-order valence-corrected chi connectivity index (χ2v) is 4.98. The van der Waals surface area contributed by atoms with Crippen molar-refractivity contribution in [2.45, 2.75) is 44.6 Å². The molecule has 1 saturated carbocycles. The van der Waals surface area contributed by atoms with Crippen molar-refractivity contribution in [3.63, 3.8) is 0 Å². The van der Waals surface area contributed by atoms with Crippen molar-refractivity contribution < 1.29 is 4.79 Å². The van der Waals surface area contributed by atoms with E-state index in [0.29, 0.717) is 0 Å². The van der Waals surface area contributed by atoms with Gasteiger partial charge in [0.2, 0.25) is 5.91 Å². The normalized spacial score (nSPS) is 18.7. The molecule has 0 atom stereocenters. The van der Waals surface area contributed by atoms with Gasteiger partial charge in [0, 0.05) is 18.2 Å². The predicted octanol–water partition coefficient (Wildman–Crippen LogP) is 2.76. The number of carbonyl (C=O) groups is 1. The first kappa shape index (κ1) is 12.1. The lowest BCUT2D eigenvalue weighted by Crippen LogP contribution is -2.38. The van der Waals surface area contributed by atoms with Crippen molar-refractivity contribution in [3.8, 4) is 0 Å². The van der Waals surface area contributed by atoms with E-state index in [1.165, 1.54) is 31.7 Å². The lowest BCUT2D eigenvalue weighted by molar-refractivity contribution is -0.114. The van der Waals surface area contributed by atoms with E-state index in [0.717, 1.165) is 18.5 Å². The lowest BCUT2D eigenvalue weighted by atomic mass is 9.77. The summed E-state index contributed by atoms with van der Waals surface area (Å²) in [5, 5.41) is 2.77. The molecule has 0 heterocycles. The number of rotatable bonds is 2. The maximum absolute atomic E-state index is 10.9. The highest BCUT2D eigenvalue weighted by Gasteiger charge is 2.28. The van der Waals surface area contributed by atoms with Crippen LogP contribution in [-0.2, 0) is 10.3 Å². The number of nitrogens with two attached hydrogens (primary N) is 1. The molecule has 0 radical (unpaired) electrons. The van der Waals surface area contributed by atoms with Gasteiger partial charge in [0.15, 0.2) is 0 Å². The summed E-state index contributed by atoms with van der Waals surface area (Å²) >= 11 is 0. The van der Waals surface area contributed by atoms with Crippen LogP contribution in [0, 0.1) is 0 Å². The van der Waals surface area contributed by atoms with Gasteiger partial charge in [0.1, 0.15) is 0 Å². The molecule has 0 aromatic heterocycles. The molecule has 3 N–H and O–H groups in total. The van der Waals surface area contributed by atoms with Gasteiger partial charge in [-0.05, 0) is 30.5 Å². The largest absolute Gasteiger partial charge is 0.326 e. The summed E-state index contributed by atoms with van der Waals surface area (Å²) in [5.41, 5.74) is 8.30. The Morgan fingerprint density at radius 2 is 1.76 bits per heavy atom. The number of hydrogen-bond donors (Lipinski definition) is 2. The van der Waals surface area contributed by atoms with Crippen molar-refractivity contribution in [3.05, 3.63) is 29.8 Å². The maximum Gasteiger partial charge on any atom is 0.221 e. The molecular formula is C14H20N2O. The Bertz CT molecular complexity index is 391. The van der Waals surface area contributed by atoms with E-state index in [4.69, 9.17) is 5.73 Å². The van der Waals surface area contributed by atoms with E-state index in [-0.39, 0.29) is 11.4 Å². The molecule has 1 aromatic rings. The molecule has 1 fully saturated rings. The van der Waals surface area contributed by atoms with Crippen LogP contribution in [0.2, 0.25) is 0 Å². The van der Waals surface area contributed by atoms with E-state index in [1.807, 2.05) is 24.3 Å².